The Labute approximate surface area is 179 Å². The van der Waals surface area contributed by atoms with E-state index < -0.39 is 6.16 Å². The fourth-order valence-corrected chi connectivity index (χ4v) is 4.11. The first-order valence-corrected chi connectivity index (χ1v) is 12.2. The molecule has 0 aliphatic heterocycles. The third-order valence-electron chi connectivity index (χ3n) is 5.79. The lowest BCUT2D eigenvalue weighted by Crippen LogP contribution is -2.09. The van der Waals surface area contributed by atoms with Gasteiger partial charge in [-0.05, 0) is 61.3 Å². The molecule has 29 heavy (non-hydrogen) atoms. The molecule has 0 fully saturated rings. The zero-order valence-corrected chi connectivity index (χ0v) is 19.2. The van der Waals surface area contributed by atoms with Gasteiger partial charge in [-0.3, -0.25) is 0 Å². The van der Waals surface area contributed by atoms with Gasteiger partial charge in [-0.25, -0.2) is 4.79 Å². The normalized spacial score (nSPS) is 11.0. The molecule has 0 aliphatic rings. The van der Waals surface area contributed by atoms with Gasteiger partial charge in [-0.15, -0.1) is 0 Å². The van der Waals surface area contributed by atoms with Gasteiger partial charge >= 0.3 is 6.16 Å². The van der Waals surface area contributed by atoms with Crippen LogP contribution in [0.25, 0.3) is 0 Å². The number of hydrogen-bond donors (Lipinski definition) is 1. The second kappa shape index (κ2) is 16.3. The minimum Gasteiger partial charge on any atom is -0.449 e. The van der Waals surface area contributed by atoms with Crippen LogP contribution in [0.3, 0.4) is 0 Å². The quantitative estimate of drug-likeness (QED) is 0.161. The Kier molecular flexibility index (Phi) is 14.4. The number of carboxylic acid groups (broad SMARTS) is 1. The van der Waals surface area contributed by atoms with Crippen molar-refractivity contribution in [2.45, 2.75) is 124 Å². The number of benzene rings is 1. The number of ether oxygens (including phenoxy) is 1. The minimum atomic E-state index is -1.20. The number of carbonyl (C=O) groups is 1. The highest BCUT2D eigenvalue weighted by Crippen LogP contribution is 2.31. The maximum absolute atomic E-state index is 11.2. The molecule has 1 aromatic carbocycles. The van der Waals surface area contributed by atoms with Crippen molar-refractivity contribution in [3.05, 3.63) is 28.8 Å². The molecule has 1 N–H and O–H groups in total. The van der Waals surface area contributed by atoms with Crippen molar-refractivity contribution in [2.24, 2.45) is 0 Å². The zero-order valence-electron chi connectivity index (χ0n) is 19.2. The highest BCUT2D eigenvalue weighted by atomic mass is 16.7. The molecule has 3 nitrogen and oxygen atoms in total. The second-order valence-electron chi connectivity index (χ2n) is 8.33. The highest BCUT2D eigenvalue weighted by molar-refractivity contribution is 5.63. The van der Waals surface area contributed by atoms with E-state index in [-0.39, 0.29) is 0 Å². The molecule has 0 amide bonds. The van der Waals surface area contributed by atoms with Crippen LogP contribution in [0.15, 0.2) is 12.1 Å². The molecule has 166 valence electrons. The molecule has 0 saturated heterocycles. The summed E-state index contributed by atoms with van der Waals surface area (Å²) in [5.74, 6) is 0.564. The smallest absolute Gasteiger partial charge is 0.449 e. The summed E-state index contributed by atoms with van der Waals surface area (Å²) in [6.07, 6.45) is 17.9. The summed E-state index contributed by atoms with van der Waals surface area (Å²) in [6.45, 7) is 6.71. The molecule has 0 heterocycles. The van der Waals surface area contributed by atoms with E-state index in [1.807, 2.05) is 6.07 Å². The van der Waals surface area contributed by atoms with E-state index in [0.29, 0.717) is 5.75 Å². The molecule has 1 rings (SSSR count). The van der Waals surface area contributed by atoms with Crippen LogP contribution in [-0.2, 0) is 19.3 Å². The topological polar surface area (TPSA) is 46.5 Å². The Balaban J connectivity index is 3.00. The Morgan fingerprint density at radius 2 is 1.17 bits per heavy atom. The highest BCUT2D eigenvalue weighted by Gasteiger charge is 2.16. The third-order valence-corrected chi connectivity index (χ3v) is 5.79. The molecule has 0 saturated carbocycles. The number of aryl methyl sites for hydroxylation is 1. The standard InChI is InChI=1S/C26H44O3/c1-4-7-10-13-14-17-22-20-21-25(29-26(27)28)24(19-16-12-9-6-3)23(22)18-15-11-8-5-2/h20-21H,4-19H2,1-3H3,(H,27,28). The van der Waals surface area contributed by atoms with Crippen LogP contribution in [0.5, 0.6) is 5.75 Å². The molecule has 0 spiro atoms. The van der Waals surface area contributed by atoms with Crippen LogP contribution < -0.4 is 4.74 Å². The van der Waals surface area contributed by atoms with Crippen molar-refractivity contribution < 1.29 is 14.6 Å². The van der Waals surface area contributed by atoms with E-state index in [1.54, 1.807) is 0 Å². The first-order valence-electron chi connectivity index (χ1n) is 12.2. The summed E-state index contributed by atoms with van der Waals surface area (Å²) in [7, 11) is 0. The van der Waals surface area contributed by atoms with Crippen LogP contribution in [0.2, 0.25) is 0 Å². The zero-order chi connectivity index (χ0) is 21.3. The molecule has 0 radical (unpaired) electrons. The summed E-state index contributed by atoms with van der Waals surface area (Å²) < 4.78 is 5.20. The average Bonchev–Trinajstić information content (AvgIpc) is 2.70. The lowest BCUT2D eigenvalue weighted by molar-refractivity contribution is 0.144. The molecule has 0 aliphatic carbocycles. The molecule has 0 aromatic heterocycles. The van der Waals surface area contributed by atoms with Gasteiger partial charge in [-0.2, -0.15) is 0 Å². The Morgan fingerprint density at radius 3 is 1.72 bits per heavy atom. The molecule has 1 aromatic rings. The van der Waals surface area contributed by atoms with Crippen molar-refractivity contribution in [1.29, 1.82) is 0 Å². The largest absolute Gasteiger partial charge is 0.511 e. The first-order chi connectivity index (χ1) is 14.1. The Morgan fingerprint density at radius 1 is 0.690 bits per heavy atom. The van der Waals surface area contributed by atoms with Crippen molar-refractivity contribution in [2.75, 3.05) is 0 Å². The van der Waals surface area contributed by atoms with E-state index in [9.17, 15) is 9.90 Å². The van der Waals surface area contributed by atoms with Crippen LogP contribution >= 0.6 is 0 Å². The van der Waals surface area contributed by atoms with Crippen LogP contribution in [0.4, 0.5) is 4.79 Å². The SMILES string of the molecule is CCCCCCCc1ccc(OC(=O)O)c(CCCCCC)c1CCCCCC. The lowest BCUT2D eigenvalue weighted by atomic mass is 9.89. The van der Waals surface area contributed by atoms with Crippen molar-refractivity contribution in [3.63, 3.8) is 0 Å². The predicted molar refractivity (Wildman–Crippen MR) is 123 cm³/mol. The van der Waals surface area contributed by atoms with E-state index in [2.05, 4.69) is 26.8 Å². The van der Waals surface area contributed by atoms with Crippen molar-refractivity contribution in [3.8, 4) is 5.75 Å². The summed E-state index contributed by atoms with van der Waals surface area (Å²) in [4.78, 5) is 11.2. The van der Waals surface area contributed by atoms with Crippen molar-refractivity contribution >= 4 is 6.16 Å². The Hall–Kier alpha value is -1.51. The minimum absolute atomic E-state index is 0.564. The van der Waals surface area contributed by atoms with E-state index >= 15 is 0 Å². The van der Waals surface area contributed by atoms with Gasteiger partial charge in [-0.1, -0.05) is 91.0 Å². The molecule has 0 unspecified atom stereocenters. The average molecular weight is 405 g/mol. The van der Waals surface area contributed by atoms with Gasteiger partial charge in [0.2, 0.25) is 0 Å². The third kappa shape index (κ3) is 10.7. The first kappa shape index (κ1) is 25.5. The number of rotatable bonds is 17. The van der Waals surface area contributed by atoms with Crippen LogP contribution in [0, 0.1) is 0 Å². The summed E-state index contributed by atoms with van der Waals surface area (Å²) >= 11 is 0. The van der Waals surface area contributed by atoms with E-state index in [0.717, 1.165) is 31.2 Å². The maximum atomic E-state index is 11.2. The number of hydrogen-bond acceptors (Lipinski definition) is 2. The molecule has 3 heteroatoms. The lowest BCUT2D eigenvalue weighted by Gasteiger charge is -2.18. The van der Waals surface area contributed by atoms with E-state index in [1.165, 1.54) is 88.2 Å². The van der Waals surface area contributed by atoms with Gasteiger partial charge < -0.3 is 9.84 Å². The summed E-state index contributed by atoms with van der Waals surface area (Å²) in [5, 5.41) is 9.21. The second-order valence-corrected chi connectivity index (χ2v) is 8.33. The van der Waals surface area contributed by atoms with Gasteiger partial charge in [0.1, 0.15) is 5.75 Å². The fourth-order valence-electron chi connectivity index (χ4n) is 4.11. The van der Waals surface area contributed by atoms with Crippen molar-refractivity contribution in [1.82, 2.24) is 0 Å². The van der Waals surface area contributed by atoms with Gasteiger partial charge in [0.15, 0.2) is 0 Å². The monoisotopic (exact) mass is 404 g/mol. The Bertz CT molecular complexity index is 565. The molecular weight excluding hydrogens is 360 g/mol. The summed E-state index contributed by atoms with van der Waals surface area (Å²) in [6, 6.07) is 4.03. The maximum Gasteiger partial charge on any atom is 0.511 e. The molecular formula is C26H44O3. The van der Waals surface area contributed by atoms with Crippen LogP contribution in [0.1, 0.15) is 121 Å². The van der Waals surface area contributed by atoms with Gasteiger partial charge in [0, 0.05) is 0 Å². The van der Waals surface area contributed by atoms with Gasteiger partial charge in [0.05, 0.1) is 0 Å². The van der Waals surface area contributed by atoms with Crippen LogP contribution in [-0.4, -0.2) is 11.3 Å². The van der Waals surface area contributed by atoms with Gasteiger partial charge in [0.25, 0.3) is 0 Å². The summed E-state index contributed by atoms with van der Waals surface area (Å²) in [5.41, 5.74) is 3.96. The number of unbranched alkanes of at least 4 members (excludes halogenated alkanes) is 10. The predicted octanol–water partition coefficient (Wildman–Crippen LogP) is 8.50. The molecule has 0 bridgehead atoms. The fraction of sp³-hybridized carbons (Fsp3) is 0.731. The van der Waals surface area contributed by atoms with E-state index in [4.69, 9.17) is 4.74 Å². The molecule has 0 atom stereocenters.